The fraction of sp³-hybridized carbons (Fsp3) is 0.316. The molecule has 0 atom stereocenters. The molecule has 3 nitrogen and oxygen atoms in total. The lowest BCUT2D eigenvalue weighted by atomic mass is 9.88. The highest BCUT2D eigenvalue weighted by atomic mass is 16.5. The van der Waals surface area contributed by atoms with Crippen molar-refractivity contribution in [3.8, 4) is 16.9 Å². The average Bonchev–Trinajstić information content (AvgIpc) is 2.54. The van der Waals surface area contributed by atoms with Crippen molar-refractivity contribution in [2.45, 2.75) is 27.2 Å². The van der Waals surface area contributed by atoms with E-state index >= 15 is 0 Å². The number of methoxy groups -OCH3 is 2. The maximum atomic E-state index is 12.3. The molecule has 0 saturated carbocycles. The molecule has 0 fully saturated rings. The van der Waals surface area contributed by atoms with Crippen LogP contribution in [0.15, 0.2) is 30.3 Å². The Balaban J connectivity index is 2.83. The quantitative estimate of drug-likeness (QED) is 0.788. The van der Waals surface area contributed by atoms with E-state index in [1.54, 1.807) is 7.11 Å². The molecule has 116 valence electrons. The molecular formula is C19H22O3. The molecule has 0 unspecified atom stereocenters. The van der Waals surface area contributed by atoms with Gasteiger partial charge < -0.3 is 9.47 Å². The number of para-hydroxylation sites is 1. The molecule has 0 radical (unpaired) electrons. The minimum Gasteiger partial charge on any atom is -0.496 e. The number of benzene rings is 2. The molecule has 2 aromatic carbocycles. The van der Waals surface area contributed by atoms with Crippen molar-refractivity contribution < 1.29 is 14.3 Å². The lowest BCUT2D eigenvalue weighted by molar-refractivity contribution is 0.0600. The first kappa shape index (κ1) is 16.1. The Morgan fingerprint density at radius 3 is 2.36 bits per heavy atom. The fourth-order valence-electron chi connectivity index (χ4n) is 3.01. The highest BCUT2D eigenvalue weighted by Gasteiger charge is 2.21. The highest BCUT2D eigenvalue weighted by Crippen LogP contribution is 2.36. The number of aryl methyl sites for hydroxylation is 1. The molecule has 2 aromatic rings. The van der Waals surface area contributed by atoms with E-state index in [2.05, 4.69) is 19.9 Å². The van der Waals surface area contributed by atoms with Crippen molar-refractivity contribution in [1.82, 2.24) is 0 Å². The third kappa shape index (κ3) is 2.71. The second kappa shape index (κ2) is 6.65. The summed E-state index contributed by atoms with van der Waals surface area (Å²) in [6.07, 6.45) is 0.883. The topological polar surface area (TPSA) is 35.5 Å². The lowest BCUT2D eigenvalue weighted by Gasteiger charge is -2.18. The minimum absolute atomic E-state index is 0.312. The molecule has 0 N–H and O–H groups in total. The van der Waals surface area contributed by atoms with Crippen molar-refractivity contribution in [3.63, 3.8) is 0 Å². The summed E-state index contributed by atoms with van der Waals surface area (Å²) in [6, 6.07) is 9.77. The summed E-state index contributed by atoms with van der Waals surface area (Å²) in [5, 5.41) is 0. The zero-order valence-electron chi connectivity index (χ0n) is 13.8. The van der Waals surface area contributed by atoms with E-state index in [4.69, 9.17) is 9.47 Å². The average molecular weight is 298 g/mol. The summed E-state index contributed by atoms with van der Waals surface area (Å²) in [5.74, 6) is 0.434. The number of rotatable bonds is 4. The van der Waals surface area contributed by atoms with Crippen LogP contribution in [0.2, 0.25) is 0 Å². The largest absolute Gasteiger partial charge is 0.496 e. The molecule has 0 amide bonds. The number of ether oxygens (including phenoxy) is 2. The minimum atomic E-state index is -0.312. The first-order chi connectivity index (χ1) is 10.5. The van der Waals surface area contributed by atoms with Gasteiger partial charge in [0.05, 0.1) is 19.8 Å². The monoisotopic (exact) mass is 298 g/mol. The molecule has 0 saturated heterocycles. The standard InChI is InChI=1S/C19H22O3/c1-6-14-12(2)11-16(18(13(14)3)19(20)22-5)15-9-7-8-10-17(15)21-4/h7-11H,6H2,1-5H3. The van der Waals surface area contributed by atoms with Crippen LogP contribution in [-0.2, 0) is 11.2 Å². The molecule has 0 aliphatic heterocycles. The summed E-state index contributed by atoms with van der Waals surface area (Å²) in [5.41, 5.74) is 5.73. The van der Waals surface area contributed by atoms with Gasteiger partial charge in [0.25, 0.3) is 0 Å². The first-order valence-corrected chi connectivity index (χ1v) is 7.39. The Labute approximate surface area is 131 Å². The van der Waals surface area contributed by atoms with E-state index in [0.717, 1.165) is 28.9 Å². The van der Waals surface area contributed by atoms with Crippen LogP contribution in [-0.4, -0.2) is 20.2 Å². The third-order valence-electron chi connectivity index (χ3n) is 4.07. The van der Waals surface area contributed by atoms with Gasteiger partial charge in [0.15, 0.2) is 0 Å². The Kier molecular flexibility index (Phi) is 4.86. The van der Waals surface area contributed by atoms with E-state index in [-0.39, 0.29) is 5.97 Å². The van der Waals surface area contributed by atoms with Gasteiger partial charge in [0.2, 0.25) is 0 Å². The van der Waals surface area contributed by atoms with Crippen LogP contribution in [0.3, 0.4) is 0 Å². The van der Waals surface area contributed by atoms with Crippen LogP contribution in [0.5, 0.6) is 5.75 Å². The molecule has 0 heterocycles. The molecule has 0 aliphatic carbocycles. The van der Waals surface area contributed by atoms with Crippen LogP contribution in [0.1, 0.15) is 34.0 Å². The van der Waals surface area contributed by atoms with Crippen LogP contribution in [0.4, 0.5) is 0 Å². The number of carbonyl (C=O) groups is 1. The van der Waals surface area contributed by atoms with E-state index in [9.17, 15) is 4.79 Å². The van der Waals surface area contributed by atoms with E-state index in [1.807, 2.05) is 31.2 Å². The predicted molar refractivity (Wildman–Crippen MR) is 88.6 cm³/mol. The van der Waals surface area contributed by atoms with Gasteiger partial charge >= 0.3 is 5.97 Å². The van der Waals surface area contributed by atoms with E-state index < -0.39 is 0 Å². The molecule has 0 aromatic heterocycles. The summed E-state index contributed by atoms with van der Waals surface area (Å²) >= 11 is 0. The van der Waals surface area contributed by atoms with Crippen molar-refractivity contribution in [1.29, 1.82) is 0 Å². The van der Waals surface area contributed by atoms with Gasteiger partial charge in [-0.05, 0) is 43.0 Å². The summed E-state index contributed by atoms with van der Waals surface area (Å²) in [7, 11) is 3.05. The predicted octanol–water partition coefficient (Wildman–Crippen LogP) is 4.33. The van der Waals surface area contributed by atoms with Crippen molar-refractivity contribution in [3.05, 3.63) is 52.6 Å². The summed E-state index contributed by atoms with van der Waals surface area (Å²) < 4.78 is 10.5. The highest BCUT2D eigenvalue weighted by molar-refractivity contribution is 6.00. The molecule has 0 aliphatic rings. The van der Waals surface area contributed by atoms with Crippen LogP contribution in [0, 0.1) is 13.8 Å². The Bertz CT molecular complexity index is 702. The van der Waals surface area contributed by atoms with Gasteiger partial charge in [-0.15, -0.1) is 0 Å². The summed E-state index contributed by atoms with van der Waals surface area (Å²) in [4.78, 5) is 12.3. The van der Waals surface area contributed by atoms with Crippen molar-refractivity contribution >= 4 is 5.97 Å². The zero-order valence-corrected chi connectivity index (χ0v) is 13.8. The third-order valence-corrected chi connectivity index (χ3v) is 4.07. The molecule has 0 spiro atoms. The van der Waals surface area contributed by atoms with Gasteiger partial charge in [-0.1, -0.05) is 31.2 Å². The van der Waals surface area contributed by atoms with Crippen LogP contribution < -0.4 is 4.74 Å². The van der Waals surface area contributed by atoms with Crippen LogP contribution >= 0.6 is 0 Å². The molecule has 2 rings (SSSR count). The second-order valence-corrected chi connectivity index (χ2v) is 5.26. The maximum absolute atomic E-state index is 12.3. The number of hydrogen-bond acceptors (Lipinski definition) is 3. The van der Waals surface area contributed by atoms with E-state index in [0.29, 0.717) is 5.56 Å². The molecule has 22 heavy (non-hydrogen) atoms. The maximum Gasteiger partial charge on any atom is 0.338 e. The zero-order chi connectivity index (χ0) is 16.3. The van der Waals surface area contributed by atoms with Crippen molar-refractivity contribution in [2.75, 3.05) is 14.2 Å². The Hall–Kier alpha value is -2.29. The van der Waals surface area contributed by atoms with Gasteiger partial charge in [-0.3, -0.25) is 0 Å². The van der Waals surface area contributed by atoms with Gasteiger partial charge in [0.1, 0.15) is 5.75 Å². The first-order valence-electron chi connectivity index (χ1n) is 7.39. The normalized spacial score (nSPS) is 10.4. The number of esters is 1. The molecule has 3 heteroatoms. The SMILES string of the molecule is CCc1c(C)cc(-c2ccccc2OC)c(C(=O)OC)c1C. The smallest absolute Gasteiger partial charge is 0.338 e. The second-order valence-electron chi connectivity index (χ2n) is 5.26. The van der Waals surface area contributed by atoms with Crippen LogP contribution in [0.25, 0.3) is 11.1 Å². The van der Waals surface area contributed by atoms with Crippen molar-refractivity contribution in [2.24, 2.45) is 0 Å². The fourth-order valence-corrected chi connectivity index (χ4v) is 3.01. The van der Waals surface area contributed by atoms with Gasteiger partial charge in [-0.2, -0.15) is 0 Å². The molecule has 0 bridgehead atoms. The molecular weight excluding hydrogens is 276 g/mol. The Morgan fingerprint density at radius 1 is 1.09 bits per heavy atom. The summed E-state index contributed by atoms with van der Waals surface area (Å²) in [6.45, 7) is 6.15. The lowest BCUT2D eigenvalue weighted by Crippen LogP contribution is -2.10. The number of carbonyl (C=O) groups excluding carboxylic acids is 1. The van der Waals surface area contributed by atoms with Gasteiger partial charge in [0, 0.05) is 11.1 Å². The van der Waals surface area contributed by atoms with E-state index in [1.165, 1.54) is 18.2 Å². The van der Waals surface area contributed by atoms with Gasteiger partial charge in [-0.25, -0.2) is 4.79 Å². The Morgan fingerprint density at radius 2 is 1.77 bits per heavy atom. The number of hydrogen-bond donors (Lipinski definition) is 0.